The van der Waals surface area contributed by atoms with Crippen LogP contribution in [0.1, 0.15) is 37.1 Å². The first-order valence-corrected chi connectivity index (χ1v) is 17.1. The summed E-state index contributed by atoms with van der Waals surface area (Å²) in [7, 11) is 5.74. The first-order chi connectivity index (χ1) is 25.7. The SMILES string of the molecule is COC(=O)c1ccccc1NC(=O)C(Sc1cccc(NC(=O)/C(=C\c2cc(OC)c(OC)cc2OC)NC(=O)c2ccccc2)c1)c1ccccc1. The van der Waals surface area contributed by atoms with E-state index in [0.717, 1.165) is 5.56 Å². The molecule has 3 N–H and O–H groups in total. The van der Waals surface area contributed by atoms with Crippen molar-refractivity contribution in [1.82, 2.24) is 5.32 Å². The maximum absolute atomic E-state index is 13.9. The zero-order valence-corrected chi connectivity index (χ0v) is 30.2. The molecule has 0 bridgehead atoms. The first-order valence-electron chi connectivity index (χ1n) is 16.2. The lowest BCUT2D eigenvalue weighted by Gasteiger charge is -2.19. The van der Waals surface area contributed by atoms with Crippen LogP contribution in [0.4, 0.5) is 11.4 Å². The third kappa shape index (κ3) is 9.63. The van der Waals surface area contributed by atoms with Crippen LogP contribution in [-0.2, 0) is 14.3 Å². The highest BCUT2D eigenvalue weighted by Gasteiger charge is 2.25. The number of amides is 3. The molecule has 0 fully saturated rings. The Bertz CT molecular complexity index is 2120. The number of carbonyl (C=O) groups excluding carboxylic acids is 4. The van der Waals surface area contributed by atoms with Crippen LogP contribution in [0.5, 0.6) is 17.2 Å². The zero-order valence-electron chi connectivity index (χ0n) is 29.4. The van der Waals surface area contributed by atoms with Crippen molar-refractivity contribution in [2.75, 3.05) is 39.1 Å². The van der Waals surface area contributed by atoms with Gasteiger partial charge in [0.25, 0.3) is 11.8 Å². The molecule has 5 aromatic carbocycles. The largest absolute Gasteiger partial charge is 0.496 e. The van der Waals surface area contributed by atoms with E-state index >= 15 is 0 Å². The highest BCUT2D eigenvalue weighted by atomic mass is 32.2. The molecule has 0 saturated heterocycles. The van der Waals surface area contributed by atoms with Crippen LogP contribution in [0.25, 0.3) is 6.08 Å². The van der Waals surface area contributed by atoms with Crippen molar-refractivity contribution in [3.63, 3.8) is 0 Å². The molecular formula is C41H37N3O8S. The van der Waals surface area contributed by atoms with Gasteiger partial charge in [0.15, 0.2) is 11.5 Å². The van der Waals surface area contributed by atoms with E-state index in [4.69, 9.17) is 18.9 Å². The minimum atomic E-state index is -0.744. The highest BCUT2D eigenvalue weighted by molar-refractivity contribution is 8.00. The lowest BCUT2D eigenvalue weighted by atomic mass is 10.1. The quantitative estimate of drug-likeness (QED) is 0.0606. The lowest BCUT2D eigenvalue weighted by molar-refractivity contribution is -0.116. The van der Waals surface area contributed by atoms with E-state index in [-0.39, 0.29) is 17.2 Å². The summed E-state index contributed by atoms with van der Waals surface area (Å²) in [5.41, 5.74) is 2.38. The van der Waals surface area contributed by atoms with Crippen molar-refractivity contribution >= 4 is 52.9 Å². The van der Waals surface area contributed by atoms with Crippen LogP contribution < -0.4 is 30.2 Å². The Morgan fingerprint density at radius 2 is 1.30 bits per heavy atom. The number of nitrogens with one attached hydrogen (secondary N) is 3. The molecule has 0 aliphatic carbocycles. The average Bonchev–Trinajstić information content (AvgIpc) is 3.20. The second kappa shape index (κ2) is 18.1. The van der Waals surface area contributed by atoms with Crippen molar-refractivity contribution in [2.45, 2.75) is 10.1 Å². The summed E-state index contributed by atoms with van der Waals surface area (Å²) in [5, 5.41) is 7.74. The number of benzene rings is 5. The Morgan fingerprint density at radius 3 is 1.98 bits per heavy atom. The van der Waals surface area contributed by atoms with Crippen molar-refractivity contribution in [3.05, 3.63) is 149 Å². The van der Waals surface area contributed by atoms with E-state index in [1.807, 2.05) is 36.4 Å². The van der Waals surface area contributed by atoms with E-state index in [1.165, 1.54) is 46.3 Å². The average molecular weight is 732 g/mol. The lowest BCUT2D eigenvalue weighted by Crippen LogP contribution is -2.30. The molecule has 270 valence electrons. The standard InChI is InChI=1S/C41H37N3O8S/c1-49-34-25-36(51-3)35(50-2)23-28(34)22-33(44-38(45)27-16-9-6-10-17-27)39(46)42-29-18-13-19-30(24-29)53-37(26-14-7-5-8-15-26)40(47)43-32-21-12-11-20-31(32)41(48)52-4/h5-25,37H,1-4H3,(H,42,46)(H,43,47)(H,44,45)/b33-22+. The maximum atomic E-state index is 13.9. The van der Waals surface area contributed by atoms with E-state index in [0.29, 0.717) is 44.6 Å². The minimum Gasteiger partial charge on any atom is -0.496 e. The van der Waals surface area contributed by atoms with Crippen molar-refractivity contribution < 1.29 is 38.1 Å². The number of esters is 1. The molecule has 0 aromatic heterocycles. The number of para-hydroxylation sites is 1. The molecule has 5 rings (SSSR count). The fourth-order valence-corrected chi connectivity index (χ4v) is 6.31. The fourth-order valence-electron chi connectivity index (χ4n) is 5.22. The third-order valence-electron chi connectivity index (χ3n) is 7.84. The van der Waals surface area contributed by atoms with Crippen molar-refractivity contribution in [1.29, 1.82) is 0 Å². The predicted molar refractivity (Wildman–Crippen MR) is 205 cm³/mol. The molecule has 0 spiro atoms. The Balaban J connectivity index is 1.44. The molecule has 1 atom stereocenters. The summed E-state index contributed by atoms with van der Waals surface area (Å²) in [6.07, 6.45) is 1.48. The second-order valence-corrected chi connectivity index (χ2v) is 12.4. The molecule has 1 unspecified atom stereocenters. The van der Waals surface area contributed by atoms with Gasteiger partial charge in [-0.1, -0.05) is 66.7 Å². The Kier molecular flexibility index (Phi) is 12.9. The van der Waals surface area contributed by atoms with Gasteiger partial charge in [0.2, 0.25) is 5.91 Å². The molecule has 0 aliphatic rings. The number of ether oxygens (including phenoxy) is 4. The monoisotopic (exact) mass is 731 g/mol. The van der Waals surface area contributed by atoms with Crippen LogP contribution in [-0.4, -0.2) is 52.1 Å². The van der Waals surface area contributed by atoms with E-state index in [9.17, 15) is 19.2 Å². The molecule has 0 aliphatic heterocycles. The van der Waals surface area contributed by atoms with Crippen molar-refractivity contribution in [2.24, 2.45) is 0 Å². The van der Waals surface area contributed by atoms with Gasteiger partial charge < -0.3 is 34.9 Å². The molecular weight excluding hydrogens is 695 g/mol. The van der Waals surface area contributed by atoms with Crippen LogP contribution >= 0.6 is 11.8 Å². The summed E-state index contributed by atoms with van der Waals surface area (Å²) in [4.78, 5) is 54.1. The van der Waals surface area contributed by atoms with E-state index in [1.54, 1.807) is 84.9 Å². The highest BCUT2D eigenvalue weighted by Crippen LogP contribution is 2.38. The topological polar surface area (TPSA) is 141 Å². The summed E-state index contributed by atoms with van der Waals surface area (Å²) in [5.74, 6) is -0.878. The number of hydrogen-bond donors (Lipinski definition) is 3. The van der Waals surface area contributed by atoms with Gasteiger partial charge in [-0.05, 0) is 60.2 Å². The summed E-state index contributed by atoms with van der Waals surface area (Å²) >= 11 is 1.26. The van der Waals surface area contributed by atoms with Crippen LogP contribution in [0.15, 0.2) is 132 Å². The number of thioether (sulfide) groups is 1. The van der Waals surface area contributed by atoms with Gasteiger partial charge in [0.05, 0.1) is 39.7 Å². The number of rotatable bonds is 14. The number of anilines is 2. The smallest absolute Gasteiger partial charge is 0.339 e. The molecule has 0 saturated carbocycles. The zero-order chi connectivity index (χ0) is 37.7. The van der Waals surface area contributed by atoms with Gasteiger partial charge in [-0.3, -0.25) is 14.4 Å². The predicted octanol–water partition coefficient (Wildman–Crippen LogP) is 7.38. The molecule has 0 radical (unpaired) electrons. The van der Waals surface area contributed by atoms with Crippen molar-refractivity contribution in [3.8, 4) is 17.2 Å². The molecule has 53 heavy (non-hydrogen) atoms. The summed E-state index contributed by atoms with van der Waals surface area (Å²) in [6, 6.07) is 34.5. The Morgan fingerprint density at radius 1 is 0.660 bits per heavy atom. The van der Waals surface area contributed by atoms with Crippen LogP contribution in [0, 0.1) is 0 Å². The summed E-state index contributed by atoms with van der Waals surface area (Å²) in [6.45, 7) is 0. The molecule has 0 heterocycles. The molecule has 12 heteroatoms. The van der Waals surface area contributed by atoms with Gasteiger partial charge in [-0.15, -0.1) is 11.8 Å². The van der Waals surface area contributed by atoms with Crippen LogP contribution in [0.3, 0.4) is 0 Å². The van der Waals surface area contributed by atoms with Gasteiger partial charge in [0, 0.05) is 27.8 Å². The Hall–Kier alpha value is -6.53. The molecule has 3 amide bonds. The first kappa shape index (κ1) is 37.7. The number of hydrogen-bond acceptors (Lipinski definition) is 9. The molecule has 5 aromatic rings. The van der Waals surface area contributed by atoms with Gasteiger partial charge >= 0.3 is 5.97 Å². The normalized spacial score (nSPS) is 11.4. The molecule has 11 nitrogen and oxygen atoms in total. The van der Waals surface area contributed by atoms with E-state index < -0.39 is 23.0 Å². The fraction of sp³-hybridized carbons (Fsp3) is 0.122. The van der Waals surface area contributed by atoms with Gasteiger partial charge in [-0.25, -0.2) is 4.79 Å². The number of methoxy groups -OCH3 is 4. The van der Waals surface area contributed by atoms with Gasteiger partial charge in [0.1, 0.15) is 16.7 Å². The maximum Gasteiger partial charge on any atom is 0.339 e. The van der Waals surface area contributed by atoms with E-state index in [2.05, 4.69) is 16.0 Å². The Labute approximate surface area is 311 Å². The van der Waals surface area contributed by atoms with Gasteiger partial charge in [-0.2, -0.15) is 0 Å². The second-order valence-electron chi connectivity index (χ2n) is 11.2. The summed E-state index contributed by atoms with van der Waals surface area (Å²) < 4.78 is 21.3. The third-order valence-corrected chi connectivity index (χ3v) is 9.09. The minimum absolute atomic E-state index is 0.0757. The van der Waals surface area contributed by atoms with Crippen LogP contribution in [0.2, 0.25) is 0 Å². The number of carbonyl (C=O) groups is 4.